The Morgan fingerprint density at radius 2 is 2.00 bits per heavy atom. The first-order valence-corrected chi connectivity index (χ1v) is 9.55. The third-order valence-electron chi connectivity index (χ3n) is 5.18. The highest BCUT2D eigenvalue weighted by Crippen LogP contribution is 2.35. The van der Waals surface area contributed by atoms with Crippen molar-refractivity contribution in [2.24, 2.45) is 0 Å². The molecule has 1 aliphatic rings. The first-order chi connectivity index (χ1) is 13.0. The van der Waals surface area contributed by atoms with E-state index in [1.807, 2.05) is 31.3 Å². The Hall–Kier alpha value is -2.82. The monoisotopic (exact) mass is 363 g/mol. The zero-order valence-corrected chi connectivity index (χ0v) is 16.1. The second kappa shape index (κ2) is 7.06. The molecule has 1 aromatic heterocycles. The smallest absolute Gasteiger partial charge is 0.263 e. The molecule has 5 nitrogen and oxygen atoms in total. The van der Waals surface area contributed by atoms with Crippen molar-refractivity contribution >= 4 is 16.7 Å². The maximum atomic E-state index is 12.2. The molecule has 1 heterocycles. The van der Waals surface area contributed by atoms with Crippen LogP contribution in [0, 0.1) is 0 Å². The molecular formula is C22H25N3O2. The van der Waals surface area contributed by atoms with Crippen molar-refractivity contribution in [2.75, 3.05) is 13.6 Å². The van der Waals surface area contributed by atoms with Gasteiger partial charge in [0.2, 0.25) is 0 Å². The number of aromatic nitrogens is 2. The first-order valence-electron chi connectivity index (χ1n) is 9.55. The van der Waals surface area contributed by atoms with Crippen LogP contribution in [-0.4, -0.2) is 40.3 Å². The molecule has 4 rings (SSSR count). The summed E-state index contributed by atoms with van der Waals surface area (Å²) in [5, 5.41) is 6.72. The minimum atomic E-state index is -0.507. The van der Waals surface area contributed by atoms with E-state index in [-0.39, 0.29) is 5.91 Å². The van der Waals surface area contributed by atoms with E-state index in [4.69, 9.17) is 4.74 Å². The summed E-state index contributed by atoms with van der Waals surface area (Å²) in [5.41, 5.74) is 2.27. The zero-order chi connectivity index (χ0) is 19.0. The Bertz CT molecular complexity index is 975. The summed E-state index contributed by atoms with van der Waals surface area (Å²) in [5.74, 6) is 0.692. The van der Waals surface area contributed by atoms with Gasteiger partial charge in [0.1, 0.15) is 5.75 Å². The molecule has 0 spiro atoms. The third kappa shape index (κ3) is 3.68. The van der Waals surface area contributed by atoms with Crippen LogP contribution in [0.5, 0.6) is 5.75 Å². The van der Waals surface area contributed by atoms with Crippen molar-refractivity contribution in [1.82, 2.24) is 14.7 Å². The van der Waals surface area contributed by atoms with Gasteiger partial charge in [-0.3, -0.25) is 9.48 Å². The Balaban J connectivity index is 1.58. The lowest BCUT2D eigenvalue weighted by molar-refractivity contribution is -0.136. The fraction of sp³-hybridized carbons (Fsp3) is 0.364. The molecule has 1 fully saturated rings. The standard InChI is InChI=1S/C22H25N3O2/c1-4-24(3)22(26)15(2)27-21-10-7-16-5-6-17(11-18(16)12-21)19-13-23-25(14-19)20-8-9-20/h5-7,10-15,20H,4,8-9H2,1-3H3. The Morgan fingerprint density at radius 3 is 2.74 bits per heavy atom. The van der Waals surface area contributed by atoms with Gasteiger partial charge in [0, 0.05) is 25.4 Å². The molecule has 1 amide bonds. The van der Waals surface area contributed by atoms with Gasteiger partial charge < -0.3 is 9.64 Å². The number of likely N-dealkylation sites (N-methyl/N-ethyl adjacent to an activating group) is 1. The second-order valence-corrected chi connectivity index (χ2v) is 7.28. The number of rotatable bonds is 6. The van der Waals surface area contributed by atoms with Gasteiger partial charge in [-0.05, 0) is 61.2 Å². The van der Waals surface area contributed by atoms with Gasteiger partial charge in [0.05, 0.1) is 12.2 Å². The summed E-state index contributed by atoms with van der Waals surface area (Å²) in [6.45, 7) is 4.41. The molecule has 27 heavy (non-hydrogen) atoms. The summed E-state index contributed by atoms with van der Waals surface area (Å²) >= 11 is 0. The largest absolute Gasteiger partial charge is 0.481 e. The molecule has 1 unspecified atom stereocenters. The number of nitrogens with zero attached hydrogens (tertiary/aromatic N) is 3. The van der Waals surface area contributed by atoms with Crippen LogP contribution >= 0.6 is 0 Å². The molecule has 0 radical (unpaired) electrons. The van der Waals surface area contributed by atoms with Crippen molar-refractivity contribution in [2.45, 2.75) is 38.8 Å². The predicted octanol–water partition coefficient (Wildman–Crippen LogP) is 4.28. The summed E-state index contributed by atoms with van der Waals surface area (Å²) < 4.78 is 7.96. The maximum Gasteiger partial charge on any atom is 0.263 e. The van der Waals surface area contributed by atoms with Gasteiger partial charge >= 0.3 is 0 Å². The van der Waals surface area contributed by atoms with Crippen molar-refractivity contribution in [3.63, 3.8) is 0 Å². The second-order valence-electron chi connectivity index (χ2n) is 7.28. The molecule has 2 aromatic carbocycles. The Labute approximate surface area is 159 Å². The van der Waals surface area contributed by atoms with Gasteiger partial charge in [-0.15, -0.1) is 0 Å². The van der Waals surface area contributed by atoms with E-state index in [1.54, 1.807) is 18.9 Å². The number of carbonyl (C=O) groups is 1. The number of benzene rings is 2. The van der Waals surface area contributed by atoms with Gasteiger partial charge in [0.15, 0.2) is 6.10 Å². The van der Waals surface area contributed by atoms with E-state index >= 15 is 0 Å². The SMILES string of the molecule is CCN(C)C(=O)C(C)Oc1ccc2ccc(-c3cnn(C4CC4)c3)cc2c1. The average Bonchev–Trinajstić information content (AvgIpc) is 3.42. The van der Waals surface area contributed by atoms with E-state index in [2.05, 4.69) is 34.2 Å². The van der Waals surface area contributed by atoms with Gasteiger partial charge in [-0.25, -0.2) is 0 Å². The summed E-state index contributed by atoms with van der Waals surface area (Å²) in [6, 6.07) is 12.9. The zero-order valence-electron chi connectivity index (χ0n) is 16.1. The van der Waals surface area contributed by atoms with Crippen LogP contribution < -0.4 is 4.74 Å². The maximum absolute atomic E-state index is 12.2. The topological polar surface area (TPSA) is 47.4 Å². The van der Waals surface area contributed by atoms with Crippen LogP contribution in [0.4, 0.5) is 0 Å². The van der Waals surface area contributed by atoms with Crippen molar-refractivity contribution in [3.8, 4) is 16.9 Å². The van der Waals surface area contributed by atoms with E-state index in [1.165, 1.54) is 12.8 Å². The van der Waals surface area contributed by atoms with Gasteiger partial charge in [0.25, 0.3) is 5.91 Å². The van der Waals surface area contributed by atoms with Crippen LogP contribution in [0.15, 0.2) is 48.8 Å². The molecule has 5 heteroatoms. The van der Waals surface area contributed by atoms with Crippen LogP contribution in [-0.2, 0) is 4.79 Å². The van der Waals surface area contributed by atoms with Gasteiger partial charge in [-0.2, -0.15) is 5.10 Å². The third-order valence-corrected chi connectivity index (χ3v) is 5.18. The molecule has 140 valence electrons. The Morgan fingerprint density at radius 1 is 1.22 bits per heavy atom. The quantitative estimate of drug-likeness (QED) is 0.657. The summed E-state index contributed by atoms with van der Waals surface area (Å²) in [4.78, 5) is 13.9. The molecule has 0 aliphatic heterocycles. The molecule has 0 saturated heterocycles. The molecule has 0 N–H and O–H groups in total. The number of hydrogen-bond donors (Lipinski definition) is 0. The number of ether oxygens (including phenoxy) is 1. The lowest BCUT2D eigenvalue weighted by Crippen LogP contribution is -2.37. The first kappa shape index (κ1) is 17.6. The fourth-order valence-corrected chi connectivity index (χ4v) is 3.22. The lowest BCUT2D eigenvalue weighted by Gasteiger charge is -2.20. The predicted molar refractivity (Wildman–Crippen MR) is 107 cm³/mol. The van der Waals surface area contributed by atoms with E-state index in [9.17, 15) is 4.79 Å². The molecule has 3 aromatic rings. The molecule has 0 bridgehead atoms. The summed E-state index contributed by atoms with van der Waals surface area (Å²) in [7, 11) is 1.79. The summed E-state index contributed by atoms with van der Waals surface area (Å²) in [6.07, 6.45) is 6.00. The number of carbonyl (C=O) groups excluding carboxylic acids is 1. The molecule has 1 aliphatic carbocycles. The van der Waals surface area contributed by atoms with Crippen molar-refractivity contribution in [3.05, 3.63) is 48.8 Å². The number of fused-ring (bicyclic) bond motifs is 1. The van der Waals surface area contributed by atoms with Crippen LogP contribution in [0.25, 0.3) is 21.9 Å². The molecule has 1 atom stereocenters. The van der Waals surface area contributed by atoms with Crippen LogP contribution in [0.1, 0.15) is 32.7 Å². The number of amides is 1. The fourth-order valence-electron chi connectivity index (χ4n) is 3.22. The van der Waals surface area contributed by atoms with Crippen LogP contribution in [0.3, 0.4) is 0 Å². The highest BCUT2D eigenvalue weighted by molar-refractivity contribution is 5.88. The van der Waals surface area contributed by atoms with E-state index in [0.29, 0.717) is 18.3 Å². The average molecular weight is 363 g/mol. The normalized spacial score (nSPS) is 14.9. The van der Waals surface area contributed by atoms with E-state index in [0.717, 1.165) is 21.9 Å². The molecule has 1 saturated carbocycles. The minimum absolute atomic E-state index is 0.0150. The van der Waals surface area contributed by atoms with Crippen LogP contribution in [0.2, 0.25) is 0 Å². The van der Waals surface area contributed by atoms with Crippen molar-refractivity contribution < 1.29 is 9.53 Å². The minimum Gasteiger partial charge on any atom is -0.481 e. The number of hydrogen-bond acceptors (Lipinski definition) is 3. The van der Waals surface area contributed by atoms with Crippen molar-refractivity contribution in [1.29, 1.82) is 0 Å². The highest BCUT2D eigenvalue weighted by atomic mass is 16.5. The Kier molecular flexibility index (Phi) is 4.60. The molecular weight excluding hydrogens is 338 g/mol. The lowest BCUT2D eigenvalue weighted by atomic mass is 10.0. The van der Waals surface area contributed by atoms with Gasteiger partial charge in [-0.1, -0.05) is 18.2 Å². The van der Waals surface area contributed by atoms with E-state index < -0.39 is 6.10 Å². The highest BCUT2D eigenvalue weighted by Gasteiger charge is 2.24.